The average Bonchev–Trinajstić information content (AvgIpc) is 2.46. The Bertz CT molecular complexity index is 793. The third-order valence-electron chi connectivity index (χ3n) is 2.96. The van der Waals surface area contributed by atoms with Crippen molar-refractivity contribution in [2.45, 2.75) is 6.92 Å². The van der Waals surface area contributed by atoms with Gasteiger partial charge in [0.2, 0.25) is 10.0 Å². The van der Waals surface area contributed by atoms with E-state index in [-0.39, 0.29) is 5.78 Å². The van der Waals surface area contributed by atoms with Crippen LogP contribution in [0.15, 0.2) is 60.0 Å². The molecule has 0 saturated heterocycles. The zero-order chi connectivity index (χ0) is 15.5. The molecule has 0 unspecified atom stereocenters. The predicted octanol–water partition coefficient (Wildman–Crippen LogP) is 2.57. The SMILES string of the molecule is CC(=CS(N)(=O)=O)c1cccc(C(=O)c2ccccc2)c1. The summed E-state index contributed by atoms with van der Waals surface area (Å²) in [7, 11) is -3.70. The van der Waals surface area contributed by atoms with Gasteiger partial charge in [-0.15, -0.1) is 0 Å². The van der Waals surface area contributed by atoms with Crippen LogP contribution in [-0.2, 0) is 10.0 Å². The number of nitrogens with two attached hydrogens (primary N) is 1. The molecule has 0 aliphatic carbocycles. The van der Waals surface area contributed by atoms with Crippen molar-refractivity contribution in [1.82, 2.24) is 0 Å². The number of sulfonamides is 1. The highest BCUT2D eigenvalue weighted by molar-refractivity contribution is 7.92. The largest absolute Gasteiger partial charge is 0.289 e. The molecule has 108 valence electrons. The molecule has 0 aliphatic heterocycles. The number of hydrogen-bond donors (Lipinski definition) is 1. The number of allylic oxidation sites excluding steroid dienone is 1. The van der Waals surface area contributed by atoms with Crippen LogP contribution in [0.25, 0.3) is 5.57 Å². The number of hydrogen-bond acceptors (Lipinski definition) is 3. The lowest BCUT2D eigenvalue weighted by atomic mass is 9.99. The molecule has 5 heteroatoms. The van der Waals surface area contributed by atoms with Crippen molar-refractivity contribution in [3.63, 3.8) is 0 Å². The van der Waals surface area contributed by atoms with Gasteiger partial charge in [-0.1, -0.05) is 48.5 Å². The van der Waals surface area contributed by atoms with Gasteiger partial charge in [0.05, 0.1) is 0 Å². The van der Waals surface area contributed by atoms with Crippen molar-refractivity contribution in [2.24, 2.45) is 5.14 Å². The predicted molar refractivity (Wildman–Crippen MR) is 83.1 cm³/mol. The maximum atomic E-state index is 12.3. The third-order valence-corrected chi connectivity index (χ3v) is 3.64. The molecule has 2 N–H and O–H groups in total. The molecule has 0 radical (unpaired) electrons. The summed E-state index contributed by atoms with van der Waals surface area (Å²) in [5, 5.41) is 5.98. The van der Waals surface area contributed by atoms with E-state index in [0.717, 1.165) is 5.41 Å². The van der Waals surface area contributed by atoms with E-state index in [1.54, 1.807) is 55.5 Å². The molecule has 0 heterocycles. The minimum atomic E-state index is -3.70. The smallest absolute Gasteiger partial charge is 0.231 e. The summed E-state index contributed by atoms with van der Waals surface area (Å²) in [6, 6.07) is 15.7. The molecule has 0 fully saturated rings. The van der Waals surface area contributed by atoms with E-state index in [1.807, 2.05) is 6.07 Å². The molecular weight excluding hydrogens is 286 g/mol. The fourth-order valence-electron chi connectivity index (χ4n) is 1.98. The van der Waals surface area contributed by atoms with E-state index in [4.69, 9.17) is 5.14 Å². The number of primary sulfonamides is 1. The molecule has 0 spiro atoms. The van der Waals surface area contributed by atoms with Crippen molar-refractivity contribution < 1.29 is 13.2 Å². The number of benzene rings is 2. The van der Waals surface area contributed by atoms with Crippen molar-refractivity contribution in [3.05, 3.63) is 76.7 Å². The summed E-state index contributed by atoms with van der Waals surface area (Å²) < 4.78 is 22.2. The Kier molecular flexibility index (Phi) is 4.35. The summed E-state index contributed by atoms with van der Waals surface area (Å²) in [4.78, 5) is 12.3. The number of ketones is 1. The Morgan fingerprint density at radius 1 is 0.952 bits per heavy atom. The van der Waals surface area contributed by atoms with Crippen LogP contribution in [0, 0.1) is 0 Å². The van der Waals surface area contributed by atoms with E-state index in [2.05, 4.69) is 0 Å². The van der Waals surface area contributed by atoms with E-state index in [9.17, 15) is 13.2 Å². The Labute approximate surface area is 124 Å². The van der Waals surface area contributed by atoms with Crippen LogP contribution < -0.4 is 5.14 Å². The lowest BCUT2D eigenvalue weighted by Crippen LogP contribution is -2.08. The molecule has 0 aliphatic rings. The van der Waals surface area contributed by atoms with Crippen LogP contribution in [0.4, 0.5) is 0 Å². The lowest BCUT2D eigenvalue weighted by Gasteiger charge is -2.05. The van der Waals surface area contributed by atoms with Gasteiger partial charge in [0, 0.05) is 16.5 Å². The molecular formula is C16H15NO3S. The van der Waals surface area contributed by atoms with E-state index in [0.29, 0.717) is 22.3 Å². The Morgan fingerprint density at radius 3 is 2.14 bits per heavy atom. The Hall–Kier alpha value is -2.24. The van der Waals surface area contributed by atoms with Gasteiger partial charge in [0.15, 0.2) is 5.78 Å². The second kappa shape index (κ2) is 6.03. The standard InChI is InChI=1S/C16H15NO3S/c1-12(11-21(17,19)20)14-8-5-9-15(10-14)16(18)13-6-3-2-4-7-13/h2-11H,1H3,(H2,17,19,20). The topological polar surface area (TPSA) is 77.2 Å². The lowest BCUT2D eigenvalue weighted by molar-refractivity contribution is 0.103. The molecule has 21 heavy (non-hydrogen) atoms. The van der Waals surface area contributed by atoms with Gasteiger partial charge in [0.25, 0.3) is 0 Å². The van der Waals surface area contributed by atoms with Crippen LogP contribution >= 0.6 is 0 Å². The molecule has 2 rings (SSSR count). The van der Waals surface area contributed by atoms with Gasteiger partial charge in [-0.2, -0.15) is 0 Å². The average molecular weight is 301 g/mol. The van der Waals surface area contributed by atoms with Gasteiger partial charge < -0.3 is 0 Å². The minimum absolute atomic E-state index is 0.110. The van der Waals surface area contributed by atoms with Crippen LogP contribution in [0.3, 0.4) is 0 Å². The van der Waals surface area contributed by atoms with Crippen molar-refractivity contribution in [3.8, 4) is 0 Å². The monoisotopic (exact) mass is 301 g/mol. The molecule has 4 nitrogen and oxygen atoms in total. The fourth-order valence-corrected chi connectivity index (χ4v) is 2.61. The zero-order valence-electron chi connectivity index (χ0n) is 11.5. The Balaban J connectivity index is 2.39. The summed E-state index contributed by atoms with van der Waals surface area (Å²) in [5.41, 5.74) is 2.22. The molecule has 0 aromatic heterocycles. The van der Waals surface area contributed by atoms with Gasteiger partial charge in [-0.25, -0.2) is 13.6 Å². The van der Waals surface area contributed by atoms with Gasteiger partial charge >= 0.3 is 0 Å². The second-order valence-corrected chi connectivity index (χ2v) is 6.08. The van der Waals surface area contributed by atoms with Crippen LogP contribution in [0.5, 0.6) is 0 Å². The second-order valence-electron chi connectivity index (χ2n) is 4.67. The summed E-state index contributed by atoms with van der Waals surface area (Å²) in [5.74, 6) is -0.110. The van der Waals surface area contributed by atoms with Crippen LogP contribution in [-0.4, -0.2) is 14.2 Å². The van der Waals surface area contributed by atoms with Gasteiger partial charge in [0.1, 0.15) is 0 Å². The van der Waals surface area contributed by atoms with E-state index >= 15 is 0 Å². The minimum Gasteiger partial charge on any atom is -0.289 e. The van der Waals surface area contributed by atoms with E-state index < -0.39 is 10.0 Å². The van der Waals surface area contributed by atoms with Gasteiger partial charge in [-0.05, 0) is 24.1 Å². The van der Waals surface area contributed by atoms with E-state index in [1.165, 1.54) is 0 Å². The zero-order valence-corrected chi connectivity index (χ0v) is 12.3. The first-order valence-corrected chi connectivity index (χ1v) is 7.89. The highest BCUT2D eigenvalue weighted by Crippen LogP contribution is 2.18. The maximum absolute atomic E-state index is 12.3. The first-order chi connectivity index (χ1) is 9.87. The number of carbonyl (C=O) groups excluding carboxylic acids is 1. The normalized spacial score (nSPS) is 12.2. The van der Waals surface area contributed by atoms with Crippen LogP contribution in [0.2, 0.25) is 0 Å². The molecule has 2 aromatic carbocycles. The van der Waals surface area contributed by atoms with Crippen molar-refractivity contribution >= 4 is 21.4 Å². The fraction of sp³-hybridized carbons (Fsp3) is 0.0625. The first kappa shape index (κ1) is 15.2. The summed E-state index contributed by atoms with van der Waals surface area (Å²) in [6.07, 6.45) is 0. The maximum Gasteiger partial charge on any atom is 0.231 e. The van der Waals surface area contributed by atoms with Gasteiger partial charge in [-0.3, -0.25) is 4.79 Å². The van der Waals surface area contributed by atoms with Crippen LogP contribution in [0.1, 0.15) is 28.4 Å². The highest BCUT2D eigenvalue weighted by atomic mass is 32.2. The molecule has 0 amide bonds. The van der Waals surface area contributed by atoms with Crippen molar-refractivity contribution in [1.29, 1.82) is 0 Å². The molecule has 0 atom stereocenters. The molecule has 0 saturated carbocycles. The van der Waals surface area contributed by atoms with Crippen molar-refractivity contribution in [2.75, 3.05) is 0 Å². The number of rotatable bonds is 4. The summed E-state index contributed by atoms with van der Waals surface area (Å²) >= 11 is 0. The highest BCUT2D eigenvalue weighted by Gasteiger charge is 2.10. The third kappa shape index (κ3) is 4.11. The molecule has 0 bridgehead atoms. The molecule has 2 aromatic rings. The first-order valence-electron chi connectivity index (χ1n) is 6.28. The number of carbonyl (C=O) groups is 1. The quantitative estimate of drug-likeness (QED) is 0.882. The summed E-state index contributed by atoms with van der Waals surface area (Å²) in [6.45, 7) is 1.64. The Morgan fingerprint density at radius 2 is 1.52 bits per heavy atom.